The van der Waals surface area contributed by atoms with Crippen LogP contribution in [0.15, 0.2) is 57.9 Å². The number of fused-ring (bicyclic) bond motifs is 1. The monoisotopic (exact) mass is 421 g/mol. The summed E-state index contributed by atoms with van der Waals surface area (Å²) in [7, 11) is 3.34. The zero-order valence-electron chi connectivity index (χ0n) is 17.7. The molecule has 1 aliphatic carbocycles. The second-order valence-electron chi connectivity index (χ2n) is 7.17. The summed E-state index contributed by atoms with van der Waals surface area (Å²) in [6.45, 7) is 2.76. The van der Waals surface area contributed by atoms with Crippen LogP contribution in [0.2, 0.25) is 0 Å². The Morgan fingerprint density at radius 2 is 1.83 bits per heavy atom. The van der Waals surface area contributed by atoms with Crippen molar-refractivity contribution in [1.82, 2.24) is 4.68 Å². The molecule has 0 radical (unpaired) electrons. The van der Waals surface area contributed by atoms with Crippen molar-refractivity contribution >= 4 is 17.0 Å². The molecule has 6 heteroatoms. The highest BCUT2D eigenvalue weighted by Gasteiger charge is 2.17. The Labute approximate surface area is 181 Å². The maximum absolute atomic E-state index is 5.66. The van der Waals surface area contributed by atoms with Crippen molar-refractivity contribution in [2.75, 3.05) is 20.8 Å². The summed E-state index contributed by atoms with van der Waals surface area (Å²) in [6.07, 6.45) is 4.40. The average molecular weight is 422 g/mol. The first-order valence-corrected chi connectivity index (χ1v) is 11.2. The first-order chi connectivity index (χ1) is 14.7. The summed E-state index contributed by atoms with van der Waals surface area (Å²) in [4.78, 5) is 5.58. The quantitative estimate of drug-likeness (QED) is 0.536. The van der Waals surface area contributed by atoms with E-state index in [1.54, 1.807) is 25.6 Å². The average Bonchev–Trinajstić information content (AvgIpc) is 3.05. The first-order valence-electron chi connectivity index (χ1n) is 10.3. The fourth-order valence-electron chi connectivity index (χ4n) is 3.82. The van der Waals surface area contributed by atoms with E-state index in [9.17, 15) is 0 Å². The molecule has 0 aliphatic heterocycles. The van der Waals surface area contributed by atoms with Crippen LogP contribution in [0.1, 0.15) is 37.3 Å². The molecule has 0 bridgehead atoms. The van der Waals surface area contributed by atoms with Crippen LogP contribution >= 0.6 is 11.3 Å². The molecule has 156 valence electrons. The lowest BCUT2D eigenvalue weighted by Crippen LogP contribution is -2.16. The van der Waals surface area contributed by atoms with Gasteiger partial charge in [0.1, 0.15) is 11.5 Å². The van der Waals surface area contributed by atoms with Crippen molar-refractivity contribution in [3.63, 3.8) is 0 Å². The van der Waals surface area contributed by atoms with E-state index in [2.05, 4.69) is 29.6 Å². The molecule has 0 unspecified atom stereocenters. The number of nitrogens with zero attached hydrogens (tertiary/aromatic N) is 3. The molecule has 1 heterocycles. The highest BCUT2D eigenvalue weighted by molar-refractivity contribution is 7.07. The molecule has 0 saturated heterocycles. The third-order valence-corrected chi connectivity index (χ3v) is 6.18. The lowest BCUT2D eigenvalue weighted by atomic mass is 10.0. The maximum atomic E-state index is 5.66. The summed E-state index contributed by atoms with van der Waals surface area (Å²) < 4.78 is 13.0. The zero-order chi connectivity index (χ0) is 20.9. The van der Waals surface area contributed by atoms with Gasteiger partial charge in [-0.2, -0.15) is 5.10 Å². The molecule has 0 N–H and O–H groups in total. The molecule has 30 heavy (non-hydrogen) atoms. The van der Waals surface area contributed by atoms with Crippen LogP contribution in [0, 0.1) is 0 Å². The minimum Gasteiger partial charge on any atom is -0.497 e. The largest absolute Gasteiger partial charge is 0.497 e. The Balaban J connectivity index is 1.91. The molecular weight excluding hydrogens is 394 g/mol. The number of hydrogen-bond acceptors (Lipinski definition) is 5. The molecular formula is C24H27N3O2S. The summed E-state index contributed by atoms with van der Waals surface area (Å²) in [5.41, 5.74) is 5.69. The molecule has 3 aromatic rings. The van der Waals surface area contributed by atoms with Gasteiger partial charge in [0.2, 0.25) is 4.80 Å². The maximum Gasteiger partial charge on any atom is 0.206 e. The van der Waals surface area contributed by atoms with Crippen LogP contribution in [-0.4, -0.2) is 31.2 Å². The number of benzene rings is 2. The summed E-state index contributed by atoms with van der Waals surface area (Å²) in [5.74, 6) is 1.52. The molecule has 0 amide bonds. The molecule has 0 atom stereocenters. The van der Waals surface area contributed by atoms with Gasteiger partial charge in [0.05, 0.1) is 25.6 Å². The number of hydrogen-bond donors (Lipinski definition) is 0. The third kappa shape index (κ3) is 4.05. The van der Waals surface area contributed by atoms with E-state index in [0.29, 0.717) is 6.54 Å². The third-order valence-electron chi connectivity index (χ3n) is 5.32. The van der Waals surface area contributed by atoms with Crippen LogP contribution in [0.25, 0.3) is 11.3 Å². The standard InChI is InChI=1S/C24H27N3O2S/c1-4-25-24-27(26-21-12-8-6-10-17-9-5-7-11-19(17)21)22(16-30-24)20-14-13-18(28-2)15-23(20)29-3/h5,7,9,11,13-16H,4,6,8,10,12H2,1-3H3. The molecule has 0 saturated carbocycles. The second-order valence-corrected chi connectivity index (χ2v) is 8.00. The van der Waals surface area contributed by atoms with Gasteiger partial charge in [0.15, 0.2) is 0 Å². The van der Waals surface area contributed by atoms with E-state index in [0.717, 1.165) is 52.5 Å². The zero-order valence-corrected chi connectivity index (χ0v) is 18.5. The smallest absolute Gasteiger partial charge is 0.206 e. The lowest BCUT2D eigenvalue weighted by molar-refractivity contribution is 0.395. The predicted molar refractivity (Wildman–Crippen MR) is 123 cm³/mol. The highest BCUT2D eigenvalue weighted by atomic mass is 32.1. The Hall–Kier alpha value is -2.86. The van der Waals surface area contributed by atoms with Gasteiger partial charge >= 0.3 is 0 Å². The van der Waals surface area contributed by atoms with E-state index in [-0.39, 0.29) is 0 Å². The minimum atomic E-state index is 0.709. The molecule has 0 spiro atoms. The predicted octanol–water partition coefficient (Wildman–Crippen LogP) is 5.13. The SMILES string of the molecule is CCN=c1scc(-c2ccc(OC)cc2OC)n1N=C1CCCCc2ccccc21. The Bertz CT molecular complexity index is 1130. The summed E-state index contributed by atoms with van der Waals surface area (Å²) in [5, 5.41) is 7.26. The van der Waals surface area contributed by atoms with E-state index in [1.165, 1.54) is 17.5 Å². The molecule has 4 rings (SSSR count). The number of thiazole rings is 1. The van der Waals surface area contributed by atoms with Gasteiger partial charge in [-0.1, -0.05) is 24.3 Å². The van der Waals surface area contributed by atoms with Crippen molar-refractivity contribution in [1.29, 1.82) is 0 Å². The highest BCUT2D eigenvalue weighted by Crippen LogP contribution is 2.34. The van der Waals surface area contributed by atoms with Gasteiger partial charge in [-0.3, -0.25) is 4.99 Å². The molecule has 1 aliphatic rings. The van der Waals surface area contributed by atoms with E-state index in [4.69, 9.17) is 19.6 Å². The van der Waals surface area contributed by atoms with Crippen LogP contribution in [0.3, 0.4) is 0 Å². The van der Waals surface area contributed by atoms with Crippen molar-refractivity contribution in [3.05, 3.63) is 63.8 Å². The minimum absolute atomic E-state index is 0.709. The van der Waals surface area contributed by atoms with Crippen LogP contribution in [0.5, 0.6) is 11.5 Å². The van der Waals surface area contributed by atoms with Gasteiger partial charge in [0, 0.05) is 29.1 Å². The lowest BCUT2D eigenvalue weighted by Gasteiger charge is -2.13. The Morgan fingerprint density at radius 1 is 1.00 bits per heavy atom. The summed E-state index contributed by atoms with van der Waals surface area (Å²) in [6, 6.07) is 14.5. The number of aryl methyl sites for hydroxylation is 1. The van der Waals surface area contributed by atoms with E-state index >= 15 is 0 Å². The normalized spacial score (nSPS) is 15.7. The summed E-state index contributed by atoms with van der Waals surface area (Å²) >= 11 is 1.60. The Morgan fingerprint density at radius 3 is 2.63 bits per heavy atom. The van der Waals surface area contributed by atoms with Gasteiger partial charge in [-0.25, -0.2) is 4.68 Å². The van der Waals surface area contributed by atoms with Gasteiger partial charge < -0.3 is 9.47 Å². The van der Waals surface area contributed by atoms with Crippen molar-refractivity contribution in [2.24, 2.45) is 10.1 Å². The number of rotatable bonds is 5. The van der Waals surface area contributed by atoms with Crippen molar-refractivity contribution < 1.29 is 9.47 Å². The fraction of sp³-hybridized carbons (Fsp3) is 0.333. The van der Waals surface area contributed by atoms with Crippen molar-refractivity contribution in [2.45, 2.75) is 32.6 Å². The van der Waals surface area contributed by atoms with Crippen molar-refractivity contribution in [3.8, 4) is 22.8 Å². The van der Waals surface area contributed by atoms with Crippen LogP contribution in [0.4, 0.5) is 0 Å². The second kappa shape index (κ2) is 9.30. The molecule has 1 aromatic heterocycles. The first kappa shape index (κ1) is 20.4. The molecule has 2 aromatic carbocycles. The molecule has 5 nitrogen and oxygen atoms in total. The van der Waals surface area contributed by atoms with Gasteiger partial charge in [-0.05, 0) is 50.3 Å². The van der Waals surface area contributed by atoms with Gasteiger partial charge in [-0.15, -0.1) is 11.3 Å². The number of ether oxygens (including phenoxy) is 2. The van der Waals surface area contributed by atoms with E-state index < -0.39 is 0 Å². The van der Waals surface area contributed by atoms with Gasteiger partial charge in [0.25, 0.3) is 0 Å². The molecule has 0 fully saturated rings. The Kier molecular flexibility index (Phi) is 6.33. The van der Waals surface area contributed by atoms with Crippen LogP contribution < -0.4 is 14.3 Å². The van der Waals surface area contributed by atoms with Crippen LogP contribution in [-0.2, 0) is 6.42 Å². The number of aromatic nitrogens is 1. The van der Waals surface area contributed by atoms with E-state index in [1.807, 2.05) is 29.8 Å². The number of methoxy groups -OCH3 is 2. The fourth-order valence-corrected chi connectivity index (χ4v) is 4.71. The topological polar surface area (TPSA) is 48.1 Å².